The molecule has 1 saturated heterocycles. The van der Waals surface area contributed by atoms with E-state index in [4.69, 9.17) is 0 Å². The molecule has 0 spiro atoms. The SMILES string of the molecule is OC(c1ccc(F)cc1)(c1ccc(F)cc1)C1CCN(CCSc2ccccc2)CC1. The zero-order valence-corrected chi connectivity index (χ0v) is 18.2. The molecule has 5 heteroatoms. The third kappa shape index (κ3) is 5.17. The van der Waals surface area contributed by atoms with Crippen molar-refractivity contribution in [1.29, 1.82) is 0 Å². The summed E-state index contributed by atoms with van der Waals surface area (Å²) in [6.07, 6.45) is 1.64. The second kappa shape index (κ2) is 9.94. The van der Waals surface area contributed by atoms with Gasteiger partial charge in [0.2, 0.25) is 0 Å². The van der Waals surface area contributed by atoms with E-state index in [1.807, 2.05) is 17.8 Å². The fourth-order valence-corrected chi connectivity index (χ4v) is 5.36. The van der Waals surface area contributed by atoms with Crippen molar-refractivity contribution in [1.82, 2.24) is 4.90 Å². The lowest BCUT2D eigenvalue weighted by molar-refractivity contribution is -0.0134. The molecule has 0 radical (unpaired) electrons. The first kappa shape index (κ1) is 22.0. The van der Waals surface area contributed by atoms with Crippen LogP contribution in [-0.2, 0) is 5.60 Å². The number of rotatable bonds is 7. The maximum Gasteiger partial charge on any atom is 0.123 e. The molecule has 3 aromatic carbocycles. The fraction of sp³-hybridized carbons (Fsp3) is 0.308. The van der Waals surface area contributed by atoms with Crippen molar-refractivity contribution in [3.05, 3.63) is 102 Å². The number of hydrogen-bond donors (Lipinski definition) is 1. The molecular weight excluding hydrogens is 412 g/mol. The standard InChI is InChI=1S/C26H27F2NOS/c27-23-10-6-20(7-11-23)26(30,21-8-12-24(28)13-9-21)22-14-16-29(17-15-22)18-19-31-25-4-2-1-3-5-25/h1-13,22,30H,14-19H2. The van der Waals surface area contributed by atoms with E-state index in [-0.39, 0.29) is 17.6 Å². The number of aliphatic hydroxyl groups is 1. The molecule has 0 saturated carbocycles. The summed E-state index contributed by atoms with van der Waals surface area (Å²) in [5.41, 5.74) is 0.0314. The monoisotopic (exact) mass is 439 g/mol. The van der Waals surface area contributed by atoms with Gasteiger partial charge in [-0.05, 0) is 79.4 Å². The highest BCUT2D eigenvalue weighted by Crippen LogP contribution is 2.42. The Hall–Kier alpha value is -2.21. The van der Waals surface area contributed by atoms with Gasteiger partial charge in [-0.1, -0.05) is 42.5 Å². The molecule has 0 aromatic heterocycles. The van der Waals surface area contributed by atoms with Gasteiger partial charge in [0, 0.05) is 17.2 Å². The van der Waals surface area contributed by atoms with Gasteiger partial charge < -0.3 is 10.0 Å². The summed E-state index contributed by atoms with van der Waals surface area (Å²) in [7, 11) is 0. The maximum atomic E-state index is 13.5. The molecule has 162 valence electrons. The van der Waals surface area contributed by atoms with Crippen LogP contribution in [0.1, 0.15) is 24.0 Å². The van der Waals surface area contributed by atoms with Crippen molar-refractivity contribution < 1.29 is 13.9 Å². The Morgan fingerprint density at radius 1 is 0.806 bits per heavy atom. The van der Waals surface area contributed by atoms with Crippen LogP contribution in [0.2, 0.25) is 0 Å². The normalized spacial score (nSPS) is 15.8. The van der Waals surface area contributed by atoms with E-state index in [9.17, 15) is 13.9 Å². The summed E-state index contributed by atoms with van der Waals surface area (Å²) in [6.45, 7) is 2.78. The summed E-state index contributed by atoms with van der Waals surface area (Å²) in [5.74, 6) is 0.322. The molecule has 1 aliphatic heterocycles. The zero-order valence-electron chi connectivity index (χ0n) is 17.4. The van der Waals surface area contributed by atoms with Gasteiger partial charge in [0.25, 0.3) is 0 Å². The van der Waals surface area contributed by atoms with Gasteiger partial charge in [0.05, 0.1) is 0 Å². The maximum absolute atomic E-state index is 13.5. The van der Waals surface area contributed by atoms with E-state index in [2.05, 4.69) is 29.2 Å². The van der Waals surface area contributed by atoms with Crippen LogP contribution in [0.5, 0.6) is 0 Å². The molecule has 3 aromatic rings. The van der Waals surface area contributed by atoms with Gasteiger partial charge in [-0.3, -0.25) is 0 Å². The highest BCUT2D eigenvalue weighted by atomic mass is 32.2. The van der Waals surface area contributed by atoms with E-state index in [1.54, 1.807) is 24.3 Å². The largest absolute Gasteiger partial charge is 0.380 e. The van der Waals surface area contributed by atoms with Crippen LogP contribution in [0.25, 0.3) is 0 Å². The van der Waals surface area contributed by atoms with E-state index in [0.717, 1.165) is 38.2 Å². The third-order valence-corrected chi connectivity index (χ3v) is 7.16. The Morgan fingerprint density at radius 2 is 1.32 bits per heavy atom. The van der Waals surface area contributed by atoms with Gasteiger partial charge in [0.1, 0.15) is 17.2 Å². The second-order valence-electron chi connectivity index (χ2n) is 8.06. The molecule has 0 amide bonds. The molecule has 31 heavy (non-hydrogen) atoms. The van der Waals surface area contributed by atoms with Gasteiger partial charge in [0.15, 0.2) is 0 Å². The summed E-state index contributed by atoms with van der Waals surface area (Å²) >= 11 is 1.85. The molecule has 1 aliphatic rings. The Bertz CT molecular complexity index is 909. The first-order valence-corrected chi connectivity index (χ1v) is 11.7. The number of halogens is 2. The smallest absolute Gasteiger partial charge is 0.123 e. The van der Waals surface area contributed by atoms with Gasteiger partial charge in [-0.2, -0.15) is 0 Å². The van der Waals surface area contributed by atoms with Crippen LogP contribution in [0.3, 0.4) is 0 Å². The van der Waals surface area contributed by atoms with Crippen LogP contribution < -0.4 is 0 Å². The minimum Gasteiger partial charge on any atom is -0.380 e. The Kier molecular flexibility index (Phi) is 7.06. The topological polar surface area (TPSA) is 23.5 Å². The van der Waals surface area contributed by atoms with Crippen LogP contribution >= 0.6 is 11.8 Å². The fourth-order valence-electron chi connectivity index (χ4n) is 4.43. The molecule has 0 unspecified atom stereocenters. The van der Waals surface area contributed by atoms with E-state index in [1.165, 1.54) is 29.2 Å². The van der Waals surface area contributed by atoms with Crippen molar-refractivity contribution in [2.24, 2.45) is 5.92 Å². The van der Waals surface area contributed by atoms with Gasteiger partial charge >= 0.3 is 0 Å². The first-order valence-electron chi connectivity index (χ1n) is 10.7. The van der Waals surface area contributed by atoms with Crippen LogP contribution in [-0.4, -0.2) is 35.4 Å². The minimum absolute atomic E-state index is 0.0264. The molecule has 0 atom stereocenters. The Balaban J connectivity index is 1.44. The van der Waals surface area contributed by atoms with Crippen molar-refractivity contribution in [2.45, 2.75) is 23.3 Å². The average molecular weight is 440 g/mol. The quantitative estimate of drug-likeness (QED) is 0.478. The van der Waals surface area contributed by atoms with Crippen LogP contribution in [0.15, 0.2) is 83.8 Å². The molecule has 4 rings (SSSR count). The van der Waals surface area contributed by atoms with E-state index in [0.29, 0.717) is 11.1 Å². The lowest BCUT2D eigenvalue weighted by atomic mass is 9.72. The summed E-state index contributed by atoms with van der Waals surface area (Å²) < 4.78 is 27.0. The number of thioether (sulfide) groups is 1. The van der Waals surface area contributed by atoms with Gasteiger partial charge in [-0.15, -0.1) is 11.8 Å². The number of likely N-dealkylation sites (tertiary alicyclic amines) is 1. The minimum atomic E-state index is -1.27. The molecular formula is C26H27F2NOS. The van der Waals surface area contributed by atoms with Crippen molar-refractivity contribution in [2.75, 3.05) is 25.4 Å². The highest BCUT2D eigenvalue weighted by molar-refractivity contribution is 7.99. The summed E-state index contributed by atoms with van der Waals surface area (Å²) in [4.78, 5) is 3.71. The third-order valence-electron chi connectivity index (χ3n) is 6.17. The predicted molar refractivity (Wildman–Crippen MR) is 122 cm³/mol. The zero-order chi connectivity index (χ0) is 21.7. The van der Waals surface area contributed by atoms with E-state index < -0.39 is 5.60 Å². The molecule has 1 N–H and O–H groups in total. The van der Waals surface area contributed by atoms with Crippen molar-refractivity contribution >= 4 is 11.8 Å². The Morgan fingerprint density at radius 3 is 1.84 bits per heavy atom. The number of hydrogen-bond acceptors (Lipinski definition) is 3. The second-order valence-corrected chi connectivity index (χ2v) is 9.23. The Labute approximate surface area is 186 Å². The number of benzene rings is 3. The molecule has 0 aliphatic carbocycles. The van der Waals surface area contributed by atoms with Crippen LogP contribution in [0.4, 0.5) is 8.78 Å². The first-order chi connectivity index (χ1) is 15.1. The summed E-state index contributed by atoms with van der Waals surface area (Å²) in [6, 6.07) is 22.5. The average Bonchev–Trinajstić information content (AvgIpc) is 2.81. The molecule has 1 fully saturated rings. The van der Waals surface area contributed by atoms with Crippen molar-refractivity contribution in [3.8, 4) is 0 Å². The van der Waals surface area contributed by atoms with E-state index >= 15 is 0 Å². The van der Waals surface area contributed by atoms with Gasteiger partial charge in [-0.25, -0.2) is 8.78 Å². The summed E-state index contributed by atoms with van der Waals surface area (Å²) in [5, 5.41) is 11.9. The highest BCUT2D eigenvalue weighted by Gasteiger charge is 2.41. The number of piperidine rings is 1. The molecule has 0 bridgehead atoms. The van der Waals surface area contributed by atoms with Crippen molar-refractivity contribution in [3.63, 3.8) is 0 Å². The number of nitrogens with zero attached hydrogens (tertiary/aromatic N) is 1. The predicted octanol–water partition coefficient (Wildman–Crippen LogP) is 5.71. The lowest BCUT2D eigenvalue weighted by Crippen LogP contribution is -2.44. The molecule has 2 nitrogen and oxygen atoms in total. The lowest BCUT2D eigenvalue weighted by Gasteiger charge is -2.42. The molecule has 1 heterocycles. The van der Waals surface area contributed by atoms with Crippen LogP contribution in [0, 0.1) is 17.6 Å².